The molecule has 3 rings (SSSR count). The van der Waals surface area contributed by atoms with E-state index in [1.165, 1.54) is 4.31 Å². The Morgan fingerprint density at radius 1 is 0.778 bits per heavy atom. The summed E-state index contributed by atoms with van der Waals surface area (Å²) in [7, 11) is -3.73. The standard InChI is InChI=1S/C22H24N2O2S/c1-16-4-6-19(7-5-16)15-24(21-13-17(2)12-18(3)14-21)27(25,26)22-10-8-20(23)9-11-22/h4-14H,15,23H2,1-3H3. The Balaban J connectivity index is 2.11. The van der Waals surface area contributed by atoms with Gasteiger partial charge in [0.1, 0.15) is 0 Å². The first-order valence-corrected chi connectivity index (χ1v) is 10.2. The minimum atomic E-state index is -3.73. The topological polar surface area (TPSA) is 63.4 Å². The fourth-order valence-electron chi connectivity index (χ4n) is 3.04. The highest BCUT2D eigenvalue weighted by atomic mass is 32.2. The second-order valence-electron chi connectivity index (χ2n) is 6.91. The molecule has 2 N–H and O–H groups in total. The fourth-order valence-corrected chi connectivity index (χ4v) is 4.47. The van der Waals surface area contributed by atoms with Crippen LogP contribution in [-0.2, 0) is 16.6 Å². The largest absolute Gasteiger partial charge is 0.399 e. The first kappa shape index (κ1) is 19.0. The van der Waals surface area contributed by atoms with E-state index < -0.39 is 10.0 Å². The maximum absolute atomic E-state index is 13.4. The monoisotopic (exact) mass is 380 g/mol. The van der Waals surface area contributed by atoms with Crippen LogP contribution in [0.4, 0.5) is 11.4 Å². The molecular weight excluding hydrogens is 356 g/mol. The Bertz CT molecular complexity index is 1020. The van der Waals surface area contributed by atoms with E-state index in [2.05, 4.69) is 0 Å². The van der Waals surface area contributed by atoms with E-state index in [0.717, 1.165) is 22.3 Å². The average Bonchev–Trinajstić information content (AvgIpc) is 2.60. The molecule has 0 fully saturated rings. The number of nitrogens with two attached hydrogens (primary N) is 1. The van der Waals surface area contributed by atoms with Crippen molar-refractivity contribution in [3.63, 3.8) is 0 Å². The van der Waals surface area contributed by atoms with E-state index in [1.54, 1.807) is 24.3 Å². The third-order valence-corrected chi connectivity index (χ3v) is 6.20. The molecule has 0 bridgehead atoms. The van der Waals surface area contributed by atoms with Crippen LogP contribution in [0.25, 0.3) is 0 Å². The molecule has 0 aliphatic rings. The molecule has 3 aromatic rings. The molecule has 0 saturated heterocycles. The summed E-state index contributed by atoms with van der Waals surface area (Å²) < 4.78 is 28.3. The van der Waals surface area contributed by atoms with Gasteiger partial charge in [0, 0.05) is 5.69 Å². The van der Waals surface area contributed by atoms with Crippen LogP contribution in [-0.4, -0.2) is 8.42 Å². The zero-order valence-corrected chi connectivity index (χ0v) is 16.6. The van der Waals surface area contributed by atoms with Crippen molar-refractivity contribution in [3.8, 4) is 0 Å². The van der Waals surface area contributed by atoms with Gasteiger partial charge in [-0.25, -0.2) is 8.42 Å². The second-order valence-corrected chi connectivity index (χ2v) is 8.77. The molecule has 5 heteroatoms. The number of nitrogen functional groups attached to an aromatic ring is 1. The highest BCUT2D eigenvalue weighted by Crippen LogP contribution is 2.28. The van der Waals surface area contributed by atoms with Crippen molar-refractivity contribution >= 4 is 21.4 Å². The summed E-state index contributed by atoms with van der Waals surface area (Å²) in [6.45, 7) is 6.21. The maximum atomic E-state index is 13.4. The number of hydrogen-bond acceptors (Lipinski definition) is 3. The van der Waals surface area contributed by atoms with Crippen LogP contribution in [0.15, 0.2) is 71.6 Å². The Morgan fingerprint density at radius 2 is 1.33 bits per heavy atom. The van der Waals surface area contributed by atoms with Crippen LogP contribution in [0, 0.1) is 20.8 Å². The van der Waals surface area contributed by atoms with E-state index in [-0.39, 0.29) is 11.4 Å². The molecule has 0 heterocycles. The number of aryl methyl sites for hydroxylation is 3. The fraction of sp³-hybridized carbons (Fsp3) is 0.182. The van der Waals surface area contributed by atoms with E-state index in [9.17, 15) is 8.42 Å². The Morgan fingerprint density at radius 3 is 1.89 bits per heavy atom. The number of benzene rings is 3. The van der Waals surface area contributed by atoms with Crippen molar-refractivity contribution in [2.45, 2.75) is 32.2 Å². The van der Waals surface area contributed by atoms with Gasteiger partial charge in [0.25, 0.3) is 10.0 Å². The summed E-state index contributed by atoms with van der Waals surface area (Å²) in [6.07, 6.45) is 0. The van der Waals surface area contributed by atoms with Crippen LogP contribution in [0.2, 0.25) is 0 Å². The van der Waals surface area contributed by atoms with Gasteiger partial charge in [0.05, 0.1) is 17.1 Å². The lowest BCUT2D eigenvalue weighted by molar-refractivity contribution is 0.590. The van der Waals surface area contributed by atoms with Gasteiger partial charge in [0.15, 0.2) is 0 Å². The van der Waals surface area contributed by atoms with Gasteiger partial charge in [-0.1, -0.05) is 35.9 Å². The summed E-state index contributed by atoms with van der Waals surface area (Å²) in [5.74, 6) is 0. The summed E-state index contributed by atoms with van der Waals surface area (Å²) in [5, 5.41) is 0. The smallest absolute Gasteiger partial charge is 0.264 e. The predicted octanol–water partition coefficient (Wildman–Crippen LogP) is 4.59. The van der Waals surface area contributed by atoms with Crippen LogP contribution < -0.4 is 10.0 Å². The molecule has 0 amide bonds. The lowest BCUT2D eigenvalue weighted by Crippen LogP contribution is -2.30. The van der Waals surface area contributed by atoms with Crippen molar-refractivity contribution in [2.24, 2.45) is 0 Å². The number of sulfonamides is 1. The minimum Gasteiger partial charge on any atom is -0.399 e. The molecule has 0 atom stereocenters. The number of nitrogens with zero attached hydrogens (tertiary/aromatic N) is 1. The highest BCUT2D eigenvalue weighted by Gasteiger charge is 2.25. The molecule has 27 heavy (non-hydrogen) atoms. The zero-order valence-electron chi connectivity index (χ0n) is 15.8. The Hall–Kier alpha value is -2.79. The number of anilines is 2. The van der Waals surface area contributed by atoms with Gasteiger partial charge in [-0.05, 0) is 73.9 Å². The second kappa shape index (κ2) is 7.45. The Kier molecular flexibility index (Phi) is 5.24. The van der Waals surface area contributed by atoms with Crippen molar-refractivity contribution < 1.29 is 8.42 Å². The van der Waals surface area contributed by atoms with Gasteiger partial charge in [-0.2, -0.15) is 0 Å². The SMILES string of the molecule is Cc1ccc(CN(c2cc(C)cc(C)c2)S(=O)(=O)c2ccc(N)cc2)cc1. The Labute approximate surface area is 161 Å². The first-order chi connectivity index (χ1) is 12.8. The highest BCUT2D eigenvalue weighted by molar-refractivity contribution is 7.92. The lowest BCUT2D eigenvalue weighted by atomic mass is 10.1. The summed E-state index contributed by atoms with van der Waals surface area (Å²) >= 11 is 0. The molecule has 0 aliphatic heterocycles. The summed E-state index contributed by atoms with van der Waals surface area (Å²) in [4.78, 5) is 0.225. The van der Waals surface area contributed by atoms with Crippen molar-refractivity contribution in [1.82, 2.24) is 0 Å². The third-order valence-electron chi connectivity index (χ3n) is 4.41. The van der Waals surface area contributed by atoms with Crippen LogP contribution in [0.5, 0.6) is 0 Å². The van der Waals surface area contributed by atoms with Gasteiger partial charge < -0.3 is 5.73 Å². The molecule has 4 nitrogen and oxygen atoms in total. The maximum Gasteiger partial charge on any atom is 0.264 e. The van der Waals surface area contributed by atoms with Crippen molar-refractivity contribution in [2.75, 3.05) is 10.0 Å². The van der Waals surface area contributed by atoms with E-state index in [4.69, 9.17) is 5.73 Å². The zero-order chi connectivity index (χ0) is 19.6. The van der Waals surface area contributed by atoms with Crippen LogP contribution >= 0.6 is 0 Å². The van der Waals surface area contributed by atoms with Gasteiger partial charge >= 0.3 is 0 Å². The van der Waals surface area contributed by atoms with Crippen molar-refractivity contribution in [1.29, 1.82) is 0 Å². The molecular formula is C22H24N2O2S. The minimum absolute atomic E-state index is 0.225. The molecule has 0 aliphatic carbocycles. The van der Waals surface area contributed by atoms with Crippen LogP contribution in [0.3, 0.4) is 0 Å². The normalized spacial score (nSPS) is 11.4. The molecule has 0 spiro atoms. The van der Waals surface area contributed by atoms with E-state index in [0.29, 0.717) is 11.4 Å². The van der Waals surface area contributed by atoms with E-state index >= 15 is 0 Å². The molecule has 0 saturated carbocycles. The number of rotatable bonds is 5. The number of hydrogen-bond donors (Lipinski definition) is 1. The quantitative estimate of drug-likeness (QED) is 0.659. The van der Waals surface area contributed by atoms with Gasteiger partial charge in [0.2, 0.25) is 0 Å². The summed E-state index contributed by atoms with van der Waals surface area (Å²) in [5.41, 5.74) is 11.0. The van der Waals surface area contributed by atoms with Crippen LogP contribution in [0.1, 0.15) is 22.3 Å². The molecule has 3 aromatic carbocycles. The molecule has 0 radical (unpaired) electrons. The molecule has 0 unspecified atom stereocenters. The molecule has 140 valence electrons. The molecule has 0 aromatic heterocycles. The third kappa shape index (κ3) is 4.31. The average molecular weight is 381 g/mol. The lowest BCUT2D eigenvalue weighted by Gasteiger charge is -2.25. The van der Waals surface area contributed by atoms with E-state index in [1.807, 2.05) is 63.2 Å². The van der Waals surface area contributed by atoms with Gasteiger partial charge in [-0.3, -0.25) is 4.31 Å². The van der Waals surface area contributed by atoms with Crippen molar-refractivity contribution in [3.05, 3.63) is 89.0 Å². The van der Waals surface area contributed by atoms with Gasteiger partial charge in [-0.15, -0.1) is 0 Å². The predicted molar refractivity (Wildman–Crippen MR) is 111 cm³/mol. The first-order valence-electron chi connectivity index (χ1n) is 8.78. The summed E-state index contributed by atoms with van der Waals surface area (Å²) in [6, 6.07) is 20.1.